The van der Waals surface area contributed by atoms with E-state index in [4.69, 9.17) is 22.0 Å². The van der Waals surface area contributed by atoms with Gasteiger partial charge in [-0.2, -0.15) is 5.26 Å². The molecule has 21 heavy (non-hydrogen) atoms. The van der Waals surface area contributed by atoms with E-state index >= 15 is 0 Å². The van der Waals surface area contributed by atoms with Crippen LogP contribution in [0.4, 0.5) is 10.5 Å². The van der Waals surface area contributed by atoms with Crippen LogP contribution in [-0.2, 0) is 4.79 Å². The summed E-state index contributed by atoms with van der Waals surface area (Å²) in [5.74, 6) is -0.951. The topological polar surface area (TPSA) is 102 Å². The highest BCUT2D eigenvalue weighted by Crippen LogP contribution is 2.20. The van der Waals surface area contributed by atoms with Crippen LogP contribution in [0.25, 0.3) is 0 Å². The average molecular weight is 310 g/mol. The summed E-state index contributed by atoms with van der Waals surface area (Å²) in [5, 5.41) is 22.9. The number of nitriles is 1. The molecule has 1 atom stereocenters. The van der Waals surface area contributed by atoms with E-state index in [-0.39, 0.29) is 10.9 Å². The van der Waals surface area contributed by atoms with Crippen LogP contribution in [0, 0.1) is 17.2 Å². The van der Waals surface area contributed by atoms with E-state index in [9.17, 15) is 9.59 Å². The average Bonchev–Trinajstić information content (AvgIpc) is 2.37. The lowest BCUT2D eigenvalue weighted by Gasteiger charge is -2.17. The maximum atomic E-state index is 11.8. The molecule has 0 aliphatic rings. The summed E-state index contributed by atoms with van der Waals surface area (Å²) < 4.78 is 0. The third-order valence-corrected chi connectivity index (χ3v) is 2.97. The molecule has 1 aromatic rings. The van der Waals surface area contributed by atoms with Gasteiger partial charge in [0.05, 0.1) is 10.6 Å². The summed E-state index contributed by atoms with van der Waals surface area (Å²) in [6.45, 7) is 3.74. The van der Waals surface area contributed by atoms with Gasteiger partial charge >= 0.3 is 12.0 Å². The lowest BCUT2D eigenvalue weighted by molar-refractivity contribution is -0.139. The number of carboxylic acids is 1. The molecule has 7 heteroatoms. The SMILES string of the molecule is CC(C)C[C@H](NC(=O)Nc1ccc(C#N)c(Cl)c1)C(=O)O. The van der Waals surface area contributed by atoms with Crippen molar-refractivity contribution in [3.63, 3.8) is 0 Å². The molecule has 0 bridgehead atoms. The minimum Gasteiger partial charge on any atom is -0.480 e. The van der Waals surface area contributed by atoms with Crippen LogP contribution in [0.15, 0.2) is 18.2 Å². The van der Waals surface area contributed by atoms with E-state index in [0.717, 1.165) is 0 Å². The van der Waals surface area contributed by atoms with E-state index < -0.39 is 18.0 Å². The van der Waals surface area contributed by atoms with Gasteiger partial charge in [-0.05, 0) is 30.5 Å². The minimum absolute atomic E-state index is 0.135. The molecule has 0 unspecified atom stereocenters. The Morgan fingerprint density at radius 2 is 2.10 bits per heavy atom. The molecule has 0 spiro atoms. The molecule has 0 aliphatic carbocycles. The molecule has 0 aliphatic heterocycles. The Labute approximate surface area is 127 Å². The summed E-state index contributed by atoms with van der Waals surface area (Å²) in [5.41, 5.74) is 0.677. The van der Waals surface area contributed by atoms with Gasteiger partial charge in [-0.1, -0.05) is 25.4 Å². The normalized spacial score (nSPS) is 11.6. The Morgan fingerprint density at radius 1 is 1.43 bits per heavy atom. The molecule has 1 rings (SSSR count). The minimum atomic E-state index is -1.09. The summed E-state index contributed by atoms with van der Waals surface area (Å²) in [7, 11) is 0. The zero-order chi connectivity index (χ0) is 16.0. The summed E-state index contributed by atoms with van der Waals surface area (Å²) in [4.78, 5) is 22.8. The van der Waals surface area contributed by atoms with Crippen molar-refractivity contribution in [2.75, 3.05) is 5.32 Å². The first-order valence-electron chi connectivity index (χ1n) is 6.33. The standard InChI is InChI=1S/C14H16ClN3O3/c1-8(2)5-12(13(19)20)18-14(21)17-10-4-3-9(7-16)11(15)6-10/h3-4,6,8,12H,5H2,1-2H3,(H,19,20)(H2,17,18,21)/t12-/m0/s1. The number of urea groups is 1. The lowest BCUT2D eigenvalue weighted by atomic mass is 10.0. The number of aliphatic carboxylic acids is 1. The fraction of sp³-hybridized carbons (Fsp3) is 0.357. The second kappa shape index (κ2) is 7.50. The molecule has 0 aromatic heterocycles. The van der Waals surface area contributed by atoms with Crippen molar-refractivity contribution in [1.29, 1.82) is 5.26 Å². The first kappa shape index (κ1) is 16.8. The molecule has 1 aromatic carbocycles. The molecule has 0 fully saturated rings. The molecule has 0 saturated heterocycles. The monoisotopic (exact) mass is 309 g/mol. The molecule has 0 heterocycles. The number of halogens is 1. The molecule has 112 valence electrons. The summed E-state index contributed by atoms with van der Waals surface area (Å²) in [6.07, 6.45) is 0.330. The van der Waals surface area contributed by atoms with E-state index in [1.54, 1.807) is 0 Å². The number of carbonyl (C=O) groups is 2. The van der Waals surface area contributed by atoms with Crippen LogP contribution in [0.3, 0.4) is 0 Å². The molecule has 0 radical (unpaired) electrons. The second-order valence-electron chi connectivity index (χ2n) is 4.93. The fourth-order valence-electron chi connectivity index (χ4n) is 1.70. The van der Waals surface area contributed by atoms with Crippen molar-refractivity contribution in [2.45, 2.75) is 26.3 Å². The maximum absolute atomic E-state index is 11.8. The number of carbonyl (C=O) groups excluding carboxylic acids is 1. The van der Waals surface area contributed by atoms with Gasteiger partial charge in [0.25, 0.3) is 0 Å². The molecule has 0 saturated carbocycles. The van der Waals surface area contributed by atoms with Gasteiger partial charge in [-0.3, -0.25) is 0 Å². The van der Waals surface area contributed by atoms with E-state index in [2.05, 4.69) is 10.6 Å². The number of rotatable bonds is 5. The number of hydrogen-bond donors (Lipinski definition) is 3. The Balaban J connectivity index is 2.70. The third-order valence-electron chi connectivity index (χ3n) is 2.66. The van der Waals surface area contributed by atoms with Gasteiger partial charge < -0.3 is 15.7 Å². The van der Waals surface area contributed by atoms with E-state index in [0.29, 0.717) is 17.7 Å². The Morgan fingerprint density at radius 3 is 2.57 bits per heavy atom. The number of anilines is 1. The van der Waals surface area contributed by atoms with Crippen LogP contribution in [0.5, 0.6) is 0 Å². The van der Waals surface area contributed by atoms with E-state index in [1.165, 1.54) is 18.2 Å². The summed E-state index contributed by atoms with van der Waals surface area (Å²) in [6, 6.07) is 4.73. The number of carboxylic acid groups (broad SMARTS) is 1. The number of benzene rings is 1. The predicted octanol–water partition coefficient (Wildman–Crippen LogP) is 2.83. The Hall–Kier alpha value is -2.26. The smallest absolute Gasteiger partial charge is 0.326 e. The highest BCUT2D eigenvalue weighted by Gasteiger charge is 2.21. The van der Waals surface area contributed by atoms with Crippen LogP contribution in [0.2, 0.25) is 5.02 Å². The van der Waals surface area contributed by atoms with Gasteiger partial charge in [-0.15, -0.1) is 0 Å². The predicted molar refractivity (Wildman–Crippen MR) is 79.2 cm³/mol. The van der Waals surface area contributed by atoms with Crippen LogP contribution < -0.4 is 10.6 Å². The quantitative estimate of drug-likeness (QED) is 0.778. The van der Waals surface area contributed by atoms with Crippen LogP contribution in [-0.4, -0.2) is 23.1 Å². The maximum Gasteiger partial charge on any atom is 0.326 e. The largest absolute Gasteiger partial charge is 0.480 e. The van der Waals surface area contributed by atoms with Crippen molar-refractivity contribution in [3.05, 3.63) is 28.8 Å². The Kier molecular flexibility index (Phi) is 6.00. The van der Waals surface area contributed by atoms with E-state index in [1.807, 2.05) is 19.9 Å². The van der Waals surface area contributed by atoms with Gasteiger partial charge in [0, 0.05) is 5.69 Å². The number of nitrogens with zero attached hydrogens (tertiary/aromatic N) is 1. The van der Waals surface area contributed by atoms with Crippen molar-refractivity contribution in [3.8, 4) is 6.07 Å². The number of hydrogen-bond acceptors (Lipinski definition) is 3. The van der Waals surface area contributed by atoms with Crippen molar-refractivity contribution < 1.29 is 14.7 Å². The highest BCUT2D eigenvalue weighted by molar-refractivity contribution is 6.32. The molecular formula is C14H16ClN3O3. The van der Waals surface area contributed by atoms with Crippen molar-refractivity contribution >= 4 is 29.3 Å². The summed E-state index contributed by atoms with van der Waals surface area (Å²) >= 11 is 5.85. The molecular weight excluding hydrogens is 294 g/mol. The van der Waals surface area contributed by atoms with Gasteiger partial charge in [0.15, 0.2) is 0 Å². The molecule has 2 amide bonds. The zero-order valence-electron chi connectivity index (χ0n) is 11.7. The number of nitrogens with one attached hydrogen (secondary N) is 2. The van der Waals surface area contributed by atoms with Crippen LogP contribution >= 0.6 is 11.6 Å². The number of amides is 2. The van der Waals surface area contributed by atoms with Crippen molar-refractivity contribution in [2.24, 2.45) is 5.92 Å². The first-order chi connectivity index (χ1) is 9.83. The lowest BCUT2D eigenvalue weighted by Crippen LogP contribution is -2.43. The first-order valence-corrected chi connectivity index (χ1v) is 6.71. The van der Waals surface area contributed by atoms with Crippen molar-refractivity contribution in [1.82, 2.24) is 5.32 Å². The van der Waals surface area contributed by atoms with Gasteiger partial charge in [0.1, 0.15) is 12.1 Å². The highest BCUT2D eigenvalue weighted by atomic mass is 35.5. The fourth-order valence-corrected chi connectivity index (χ4v) is 1.92. The molecule has 3 N–H and O–H groups in total. The van der Waals surface area contributed by atoms with Gasteiger partial charge in [-0.25, -0.2) is 9.59 Å². The van der Waals surface area contributed by atoms with Crippen LogP contribution in [0.1, 0.15) is 25.8 Å². The Bertz CT molecular complexity index is 581. The third kappa shape index (κ3) is 5.32. The second-order valence-corrected chi connectivity index (χ2v) is 5.33. The molecule has 6 nitrogen and oxygen atoms in total. The van der Waals surface area contributed by atoms with Gasteiger partial charge in [0.2, 0.25) is 0 Å². The zero-order valence-corrected chi connectivity index (χ0v) is 12.4.